The molecule has 1 aromatic rings. The maximum Gasteiger partial charge on any atom is 0.295 e. The van der Waals surface area contributed by atoms with Crippen LogP contribution < -0.4 is 15.2 Å². The fraction of sp³-hybridized carbons (Fsp3) is 0.556. The first-order valence-electron chi connectivity index (χ1n) is 4.57. The van der Waals surface area contributed by atoms with Crippen LogP contribution in [-0.4, -0.2) is 41.9 Å². The van der Waals surface area contributed by atoms with E-state index in [2.05, 4.69) is 9.97 Å². The van der Waals surface area contributed by atoms with Crippen molar-refractivity contribution < 1.29 is 9.84 Å². The van der Waals surface area contributed by atoms with E-state index < -0.39 is 0 Å². The number of rotatable bonds is 4. The molecule has 0 aliphatic rings. The number of hydrogen-bond donors (Lipinski definition) is 2. The van der Waals surface area contributed by atoms with Crippen molar-refractivity contribution in [2.45, 2.75) is 13.0 Å². The maximum atomic E-state index is 11.4. The van der Waals surface area contributed by atoms with Gasteiger partial charge in [0.2, 0.25) is 5.75 Å². The normalized spacial score (nSPS) is 12.3. The third-order valence-electron chi connectivity index (χ3n) is 2.26. The number of aromatic amines is 1. The Labute approximate surface area is 87.5 Å². The molecular formula is C9H15N3O3. The summed E-state index contributed by atoms with van der Waals surface area (Å²) in [5.74, 6) is 0.572. The summed E-state index contributed by atoms with van der Waals surface area (Å²) in [5.41, 5.74) is -0.334. The Kier molecular flexibility index (Phi) is 3.68. The molecule has 1 unspecified atom stereocenters. The summed E-state index contributed by atoms with van der Waals surface area (Å²) in [6.07, 6.45) is 1.31. The average molecular weight is 213 g/mol. The number of anilines is 1. The molecule has 0 fully saturated rings. The molecule has 0 aliphatic heterocycles. The predicted octanol–water partition coefficient (Wildman–Crippen LogP) is -0.405. The molecule has 6 heteroatoms. The van der Waals surface area contributed by atoms with Crippen LogP contribution in [0.25, 0.3) is 0 Å². The lowest BCUT2D eigenvalue weighted by atomic mass is 10.3. The predicted molar refractivity (Wildman–Crippen MR) is 56.4 cm³/mol. The number of aliphatic hydroxyl groups is 1. The molecule has 84 valence electrons. The summed E-state index contributed by atoms with van der Waals surface area (Å²) in [4.78, 5) is 19.5. The first-order chi connectivity index (χ1) is 7.11. The lowest BCUT2D eigenvalue weighted by Crippen LogP contribution is -2.34. The molecule has 1 atom stereocenters. The van der Waals surface area contributed by atoms with E-state index in [-0.39, 0.29) is 24.0 Å². The third-order valence-corrected chi connectivity index (χ3v) is 2.26. The van der Waals surface area contributed by atoms with Crippen LogP contribution in [0.5, 0.6) is 5.75 Å². The van der Waals surface area contributed by atoms with Crippen molar-refractivity contribution in [1.82, 2.24) is 9.97 Å². The van der Waals surface area contributed by atoms with E-state index in [0.717, 1.165) is 0 Å². The van der Waals surface area contributed by atoms with Crippen molar-refractivity contribution in [3.05, 3.63) is 16.7 Å². The highest BCUT2D eigenvalue weighted by Crippen LogP contribution is 2.20. The van der Waals surface area contributed by atoms with Crippen LogP contribution in [0, 0.1) is 0 Å². The van der Waals surface area contributed by atoms with Gasteiger partial charge < -0.3 is 19.7 Å². The van der Waals surface area contributed by atoms with Crippen molar-refractivity contribution in [1.29, 1.82) is 0 Å². The molecule has 1 heterocycles. The zero-order valence-corrected chi connectivity index (χ0v) is 9.02. The number of nitrogens with zero attached hydrogens (tertiary/aromatic N) is 2. The van der Waals surface area contributed by atoms with Crippen LogP contribution in [-0.2, 0) is 0 Å². The zero-order valence-electron chi connectivity index (χ0n) is 9.02. The number of aromatic nitrogens is 2. The number of nitrogens with one attached hydrogen (secondary N) is 1. The van der Waals surface area contributed by atoms with Gasteiger partial charge >= 0.3 is 0 Å². The molecule has 6 nitrogen and oxygen atoms in total. The van der Waals surface area contributed by atoms with Crippen molar-refractivity contribution in [3.63, 3.8) is 0 Å². The van der Waals surface area contributed by atoms with E-state index in [1.807, 2.05) is 6.92 Å². The van der Waals surface area contributed by atoms with Crippen molar-refractivity contribution in [3.8, 4) is 5.75 Å². The SMILES string of the molecule is COc1c(N(C)C(C)CO)nc[nH]c1=O. The Balaban J connectivity index is 3.13. The van der Waals surface area contributed by atoms with Gasteiger partial charge in [0.25, 0.3) is 5.56 Å². The van der Waals surface area contributed by atoms with Crippen molar-refractivity contribution in [2.75, 3.05) is 25.7 Å². The van der Waals surface area contributed by atoms with E-state index in [0.29, 0.717) is 5.82 Å². The molecule has 1 aromatic heterocycles. The number of H-pyrrole nitrogens is 1. The molecule has 0 amide bonds. The summed E-state index contributed by atoms with van der Waals surface area (Å²) < 4.78 is 4.96. The number of hydrogen-bond acceptors (Lipinski definition) is 5. The summed E-state index contributed by atoms with van der Waals surface area (Å²) >= 11 is 0. The third kappa shape index (κ3) is 2.27. The van der Waals surface area contributed by atoms with E-state index in [4.69, 9.17) is 9.84 Å². The smallest absolute Gasteiger partial charge is 0.295 e. The van der Waals surface area contributed by atoms with Crippen molar-refractivity contribution in [2.24, 2.45) is 0 Å². The van der Waals surface area contributed by atoms with Crippen LogP contribution in [0.1, 0.15) is 6.92 Å². The minimum absolute atomic E-state index is 0.0197. The van der Waals surface area contributed by atoms with Gasteiger partial charge in [-0.05, 0) is 6.92 Å². The summed E-state index contributed by atoms with van der Waals surface area (Å²) in [6.45, 7) is 1.80. The molecule has 0 saturated heterocycles. The molecule has 0 aliphatic carbocycles. The van der Waals surface area contributed by atoms with Crippen LogP contribution in [0.4, 0.5) is 5.82 Å². The highest BCUT2D eigenvalue weighted by Gasteiger charge is 2.17. The average Bonchev–Trinajstić information content (AvgIpc) is 2.26. The zero-order chi connectivity index (χ0) is 11.4. The van der Waals surface area contributed by atoms with Gasteiger partial charge in [0, 0.05) is 7.05 Å². The van der Waals surface area contributed by atoms with Gasteiger partial charge in [-0.15, -0.1) is 0 Å². The standard InChI is InChI=1S/C9H15N3O3/c1-6(4-13)12(2)8-7(15-3)9(14)11-5-10-8/h5-6,13H,4H2,1-3H3,(H,10,11,14). The Bertz CT molecular complexity index is 377. The Hall–Kier alpha value is -1.56. The molecule has 1 rings (SSSR count). The molecule has 15 heavy (non-hydrogen) atoms. The maximum absolute atomic E-state index is 11.4. The molecule has 0 radical (unpaired) electrons. The summed E-state index contributed by atoms with van der Waals surface area (Å²) in [5, 5.41) is 9.00. The molecular weight excluding hydrogens is 198 g/mol. The van der Waals surface area contributed by atoms with Gasteiger partial charge in [-0.2, -0.15) is 0 Å². The number of ether oxygens (including phenoxy) is 1. The van der Waals surface area contributed by atoms with Gasteiger partial charge in [0.05, 0.1) is 26.1 Å². The van der Waals surface area contributed by atoms with E-state index in [9.17, 15) is 4.79 Å². The quantitative estimate of drug-likeness (QED) is 0.711. The number of aliphatic hydroxyl groups excluding tert-OH is 1. The van der Waals surface area contributed by atoms with E-state index in [1.165, 1.54) is 13.4 Å². The topological polar surface area (TPSA) is 78.5 Å². The number of methoxy groups -OCH3 is 1. The van der Waals surface area contributed by atoms with Crippen LogP contribution in [0.15, 0.2) is 11.1 Å². The second-order valence-electron chi connectivity index (χ2n) is 3.23. The van der Waals surface area contributed by atoms with Crippen molar-refractivity contribution >= 4 is 5.82 Å². The van der Waals surface area contributed by atoms with Crippen LogP contribution in [0.3, 0.4) is 0 Å². The van der Waals surface area contributed by atoms with E-state index in [1.54, 1.807) is 11.9 Å². The summed E-state index contributed by atoms with van der Waals surface area (Å²) in [7, 11) is 3.15. The van der Waals surface area contributed by atoms with Gasteiger partial charge in [-0.25, -0.2) is 4.98 Å². The lowest BCUT2D eigenvalue weighted by molar-refractivity contribution is 0.269. The number of likely N-dealkylation sites (N-methyl/N-ethyl adjacent to an activating group) is 1. The summed E-state index contributed by atoms with van der Waals surface area (Å²) in [6, 6.07) is -0.131. The van der Waals surface area contributed by atoms with Gasteiger partial charge in [0.15, 0.2) is 5.82 Å². The minimum Gasteiger partial charge on any atom is -0.489 e. The second kappa shape index (κ2) is 4.79. The highest BCUT2D eigenvalue weighted by atomic mass is 16.5. The highest BCUT2D eigenvalue weighted by molar-refractivity contribution is 5.50. The second-order valence-corrected chi connectivity index (χ2v) is 3.23. The Morgan fingerprint density at radius 1 is 1.73 bits per heavy atom. The van der Waals surface area contributed by atoms with E-state index >= 15 is 0 Å². The molecule has 2 N–H and O–H groups in total. The van der Waals surface area contributed by atoms with Gasteiger partial charge in [0.1, 0.15) is 0 Å². The largest absolute Gasteiger partial charge is 0.489 e. The molecule has 0 spiro atoms. The Morgan fingerprint density at radius 2 is 2.40 bits per heavy atom. The molecule has 0 aromatic carbocycles. The van der Waals surface area contributed by atoms with Crippen LogP contribution in [0.2, 0.25) is 0 Å². The van der Waals surface area contributed by atoms with Gasteiger partial charge in [-0.1, -0.05) is 0 Å². The fourth-order valence-electron chi connectivity index (χ4n) is 1.14. The van der Waals surface area contributed by atoms with Crippen LogP contribution >= 0.6 is 0 Å². The molecule has 0 saturated carbocycles. The molecule has 0 bridgehead atoms. The monoisotopic (exact) mass is 213 g/mol. The Morgan fingerprint density at radius 3 is 2.93 bits per heavy atom. The first kappa shape index (κ1) is 11.5. The fourth-order valence-corrected chi connectivity index (χ4v) is 1.14. The minimum atomic E-state index is -0.334. The first-order valence-corrected chi connectivity index (χ1v) is 4.57. The lowest BCUT2D eigenvalue weighted by Gasteiger charge is -2.24. The van der Waals surface area contributed by atoms with Gasteiger partial charge in [-0.3, -0.25) is 4.79 Å².